The Morgan fingerprint density at radius 2 is 1.39 bits per heavy atom. The number of hydrogen-bond acceptors (Lipinski definition) is 5. The van der Waals surface area contributed by atoms with Crippen LogP contribution in [0.1, 0.15) is 29.5 Å². The minimum Gasteiger partial charge on any atom is -0.467 e. The SMILES string of the molecule is COC(=O)[C@H](C)NC(=O)N[C@H](Cc1ccccc1)NC(=O)OCC1c2ccccc2-c2ccccc21. The van der Waals surface area contributed by atoms with Gasteiger partial charge in [0.2, 0.25) is 0 Å². The Labute approximate surface area is 210 Å². The Morgan fingerprint density at radius 3 is 2.00 bits per heavy atom. The lowest BCUT2D eigenvalue weighted by atomic mass is 9.98. The summed E-state index contributed by atoms with van der Waals surface area (Å²) in [6, 6.07) is 24.1. The summed E-state index contributed by atoms with van der Waals surface area (Å²) in [5.74, 6) is -0.651. The number of alkyl carbamates (subject to hydrolysis) is 1. The van der Waals surface area contributed by atoms with Crippen LogP contribution in [0.15, 0.2) is 78.9 Å². The highest BCUT2D eigenvalue weighted by molar-refractivity contribution is 5.83. The zero-order valence-corrected chi connectivity index (χ0v) is 20.2. The van der Waals surface area contributed by atoms with Gasteiger partial charge >= 0.3 is 18.1 Å². The average molecular weight is 488 g/mol. The fraction of sp³-hybridized carbons (Fsp3) is 0.250. The number of carbonyl (C=O) groups is 3. The first kappa shape index (κ1) is 24.8. The van der Waals surface area contributed by atoms with Crippen molar-refractivity contribution in [3.63, 3.8) is 0 Å². The van der Waals surface area contributed by atoms with Crippen LogP contribution >= 0.6 is 0 Å². The number of urea groups is 1. The lowest BCUT2D eigenvalue weighted by Crippen LogP contribution is -2.54. The Balaban J connectivity index is 1.41. The summed E-state index contributed by atoms with van der Waals surface area (Å²) in [6.45, 7) is 1.67. The fourth-order valence-electron chi connectivity index (χ4n) is 4.40. The standard InChI is InChI=1S/C28H29N3O5/c1-18(26(32)35-2)29-27(33)30-25(16-19-10-4-3-5-11-19)31-28(34)36-17-24-22-14-8-6-12-20(22)21-13-7-9-15-23(21)24/h3-15,18,24-25H,16-17H2,1-2H3,(H,31,34)(H2,29,30,33)/t18-,25-/m0/s1. The summed E-state index contributed by atoms with van der Waals surface area (Å²) in [7, 11) is 1.25. The van der Waals surface area contributed by atoms with E-state index in [2.05, 4.69) is 32.8 Å². The van der Waals surface area contributed by atoms with Gasteiger partial charge in [0, 0.05) is 12.3 Å². The van der Waals surface area contributed by atoms with Gasteiger partial charge in [0.25, 0.3) is 0 Å². The molecule has 0 unspecified atom stereocenters. The third-order valence-corrected chi connectivity index (χ3v) is 6.13. The molecule has 0 heterocycles. The van der Waals surface area contributed by atoms with E-state index in [1.807, 2.05) is 66.7 Å². The maximum atomic E-state index is 12.8. The molecule has 36 heavy (non-hydrogen) atoms. The molecule has 0 spiro atoms. The van der Waals surface area contributed by atoms with E-state index in [4.69, 9.17) is 4.74 Å². The molecule has 0 bridgehead atoms. The van der Waals surface area contributed by atoms with Crippen molar-refractivity contribution < 1.29 is 23.9 Å². The van der Waals surface area contributed by atoms with Crippen molar-refractivity contribution >= 4 is 18.1 Å². The minimum absolute atomic E-state index is 0.0760. The molecule has 3 amide bonds. The number of fused-ring (bicyclic) bond motifs is 3. The van der Waals surface area contributed by atoms with E-state index in [9.17, 15) is 14.4 Å². The number of rotatable bonds is 8. The van der Waals surface area contributed by atoms with Crippen molar-refractivity contribution in [2.24, 2.45) is 0 Å². The van der Waals surface area contributed by atoms with Crippen LogP contribution in [0.3, 0.4) is 0 Å². The molecule has 8 nitrogen and oxygen atoms in total. The summed E-state index contributed by atoms with van der Waals surface area (Å²) < 4.78 is 10.3. The topological polar surface area (TPSA) is 106 Å². The fourth-order valence-corrected chi connectivity index (χ4v) is 4.40. The predicted molar refractivity (Wildman–Crippen MR) is 135 cm³/mol. The number of methoxy groups -OCH3 is 1. The number of ether oxygens (including phenoxy) is 2. The maximum absolute atomic E-state index is 12.8. The number of amides is 3. The Hall–Kier alpha value is -4.33. The van der Waals surface area contributed by atoms with Crippen LogP contribution in [0.4, 0.5) is 9.59 Å². The molecule has 2 atom stereocenters. The van der Waals surface area contributed by atoms with Crippen LogP contribution < -0.4 is 16.0 Å². The molecule has 186 valence electrons. The molecular weight excluding hydrogens is 458 g/mol. The molecule has 0 aliphatic heterocycles. The van der Waals surface area contributed by atoms with Crippen LogP contribution in [0.25, 0.3) is 11.1 Å². The van der Waals surface area contributed by atoms with Gasteiger partial charge in [0.1, 0.15) is 18.8 Å². The quantitative estimate of drug-likeness (QED) is 0.330. The Morgan fingerprint density at radius 1 is 0.806 bits per heavy atom. The van der Waals surface area contributed by atoms with Gasteiger partial charge in [0.05, 0.1) is 7.11 Å². The van der Waals surface area contributed by atoms with Crippen LogP contribution in [0.2, 0.25) is 0 Å². The lowest BCUT2D eigenvalue weighted by Gasteiger charge is -2.22. The molecule has 1 aliphatic rings. The number of carbonyl (C=O) groups excluding carboxylic acids is 3. The van der Waals surface area contributed by atoms with Crippen molar-refractivity contribution in [1.29, 1.82) is 0 Å². The summed E-state index contributed by atoms with van der Waals surface area (Å²) in [4.78, 5) is 36.9. The molecule has 0 saturated heterocycles. The van der Waals surface area contributed by atoms with E-state index in [1.54, 1.807) is 0 Å². The van der Waals surface area contributed by atoms with Gasteiger partial charge in [-0.25, -0.2) is 14.4 Å². The highest BCUT2D eigenvalue weighted by atomic mass is 16.5. The van der Waals surface area contributed by atoms with Crippen molar-refractivity contribution in [1.82, 2.24) is 16.0 Å². The zero-order chi connectivity index (χ0) is 25.5. The molecule has 8 heteroatoms. The van der Waals surface area contributed by atoms with Gasteiger partial charge in [-0.05, 0) is 34.7 Å². The summed E-state index contributed by atoms with van der Waals surface area (Å²) >= 11 is 0. The smallest absolute Gasteiger partial charge is 0.408 e. The molecule has 3 N–H and O–H groups in total. The number of nitrogens with one attached hydrogen (secondary N) is 3. The third-order valence-electron chi connectivity index (χ3n) is 6.13. The van der Waals surface area contributed by atoms with Crippen LogP contribution in [-0.2, 0) is 20.7 Å². The van der Waals surface area contributed by atoms with Crippen LogP contribution in [-0.4, -0.2) is 44.0 Å². The Kier molecular flexibility index (Phi) is 7.85. The van der Waals surface area contributed by atoms with Gasteiger partial charge in [-0.1, -0.05) is 78.9 Å². The van der Waals surface area contributed by atoms with E-state index in [-0.39, 0.29) is 12.5 Å². The number of hydrogen-bond donors (Lipinski definition) is 3. The molecule has 0 fully saturated rings. The van der Waals surface area contributed by atoms with E-state index in [1.165, 1.54) is 14.0 Å². The zero-order valence-electron chi connectivity index (χ0n) is 20.2. The molecule has 0 aromatic heterocycles. The van der Waals surface area contributed by atoms with Gasteiger partial charge in [0.15, 0.2) is 0 Å². The van der Waals surface area contributed by atoms with Crippen molar-refractivity contribution in [3.05, 3.63) is 95.6 Å². The van der Waals surface area contributed by atoms with Crippen LogP contribution in [0.5, 0.6) is 0 Å². The first-order valence-electron chi connectivity index (χ1n) is 11.8. The number of benzene rings is 3. The first-order valence-corrected chi connectivity index (χ1v) is 11.8. The molecule has 3 aromatic carbocycles. The summed E-state index contributed by atoms with van der Waals surface area (Å²) in [5.41, 5.74) is 5.41. The van der Waals surface area contributed by atoms with E-state index >= 15 is 0 Å². The minimum atomic E-state index is -0.846. The van der Waals surface area contributed by atoms with Gasteiger partial charge in [-0.15, -0.1) is 0 Å². The highest BCUT2D eigenvalue weighted by Gasteiger charge is 2.29. The van der Waals surface area contributed by atoms with E-state index in [0.717, 1.165) is 27.8 Å². The Bertz CT molecular complexity index is 1190. The largest absolute Gasteiger partial charge is 0.467 e. The third kappa shape index (κ3) is 5.83. The predicted octanol–water partition coefficient (Wildman–Crippen LogP) is 3.95. The lowest BCUT2D eigenvalue weighted by molar-refractivity contribution is -0.142. The van der Waals surface area contributed by atoms with Crippen molar-refractivity contribution in [2.75, 3.05) is 13.7 Å². The molecular formula is C28H29N3O5. The highest BCUT2D eigenvalue weighted by Crippen LogP contribution is 2.44. The van der Waals surface area contributed by atoms with Crippen LogP contribution in [0, 0.1) is 0 Å². The average Bonchev–Trinajstić information content (AvgIpc) is 3.21. The van der Waals surface area contributed by atoms with Gasteiger partial charge in [-0.2, -0.15) is 0 Å². The first-order chi connectivity index (χ1) is 17.5. The monoisotopic (exact) mass is 487 g/mol. The second-order valence-corrected chi connectivity index (χ2v) is 8.57. The molecule has 0 saturated carbocycles. The van der Waals surface area contributed by atoms with Gasteiger partial charge in [-0.3, -0.25) is 0 Å². The summed E-state index contributed by atoms with van der Waals surface area (Å²) in [6.07, 6.45) is -1.10. The van der Waals surface area contributed by atoms with Crippen molar-refractivity contribution in [2.45, 2.75) is 31.5 Å². The number of esters is 1. The molecule has 4 rings (SSSR count). The molecule has 1 aliphatic carbocycles. The van der Waals surface area contributed by atoms with E-state index in [0.29, 0.717) is 6.42 Å². The van der Waals surface area contributed by atoms with Gasteiger partial charge < -0.3 is 25.4 Å². The van der Waals surface area contributed by atoms with Crippen molar-refractivity contribution in [3.8, 4) is 11.1 Å². The normalized spacial score (nSPS) is 13.5. The van der Waals surface area contributed by atoms with E-state index < -0.39 is 30.3 Å². The maximum Gasteiger partial charge on any atom is 0.408 e. The summed E-state index contributed by atoms with van der Waals surface area (Å²) in [5, 5.41) is 7.93. The molecule has 3 aromatic rings. The second kappa shape index (κ2) is 11.4. The molecule has 0 radical (unpaired) electrons. The second-order valence-electron chi connectivity index (χ2n) is 8.57.